The molecule has 0 radical (unpaired) electrons. The van der Waals surface area contributed by atoms with Gasteiger partial charge in [-0.1, -0.05) is 11.6 Å². The number of benzene rings is 1. The molecule has 0 aliphatic rings. The zero-order chi connectivity index (χ0) is 12.2. The fraction of sp³-hybridized carbons (Fsp3) is 0.0833. The van der Waals surface area contributed by atoms with Crippen molar-refractivity contribution in [3.8, 4) is 0 Å². The molecule has 4 nitrogen and oxygen atoms in total. The van der Waals surface area contributed by atoms with Crippen LogP contribution in [0, 0.1) is 0 Å². The first-order valence-corrected chi connectivity index (χ1v) is 5.45. The summed E-state index contributed by atoms with van der Waals surface area (Å²) >= 11 is 5.96. The molecule has 5 heteroatoms. The van der Waals surface area contributed by atoms with E-state index >= 15 is 0 Å². The van der Waals surface area contributed by atoms with Gasteiger partial charge in [0.25, 0.3) is 0 Å². The number of nitrogens with zero attached hydrogens (tertiary/aromatic N) is 1. The first kappa shape index (κ1) is 10.2. The Morgan fingerprint density at radius 1 is 1.35 bits per heavy atom. The van der Waals surface area contributed by atoms with E-state index < -0.39 is 5.97 Å². The number of carboxylic acid groups (broad SMARTS) is 1. The average molecular weight is 249 g/mol. The largest absolute Gasteiger partial charge is 0.477 e. The highest BCUT2D eigenvalue weighted by Crippen LogP contribution is 2.30. The molecular weight excluding hydrogens is 240 g/mol. The lowest BCUT2D eigenvalue weighted by Gasteiger charge is -1.97. The number of aryl methyl sites for hydroxylation is 1. The van der Waals surface area contributed by atoms with Crippen LogP contribution in [0.3, 0.4) is 0 Å². The third kappa shape index (κ3) is 1.34. The quantitative estimate of drug-likeness (QED) is 0.695. The van der Waals surface area contributed by atoms with Gasteiger partial charge in [-0.3, -0.25) is 0 Å². The second-order valence-electron chi connectivity index (χ2n) is 3.97. The lowest BCUT2D eigenvalue weighted by Crippen LogP contribution is -1.96. The highest BCUT2D eigenvalue weighted by Gasteiger charge is 2.14. The zero-order valence-electron chi connectivity index (χ0n) is 8.99. The summed E-state index contributed by atoms with van der Waals surface area (Å²) in [5.74, 6) is -0.962. The normalized spacial score (nSPS) is 11.4. The Bertz CT molecular complexity index is 755. The van der Waals surface area contributed by atoms with Crippen LogP contribution in [-0.4, -0.2) is 20.6 Å². The summed E-state index contributed by atoms with van der Waals surface area (Å²) in [5, 5.41) is 11.4. The van der Waals surface area contributed by atoms with Gasteiger partial charge in [-0.25, -0.2) is 4.79 Å². The molecule has 3 aromatic rings. The Balaban J connectivity index is 2.48. The van der Waals surface area contributed by atoms with Crippen LogP contribution < -0.4 is 0 Å². The lowest BCUT2D eigenvalue weighted by molar-refractivity contribution is 0.0691. The second-order valence-corrected chi connectivity index (χ2v) is 4.41. The summed E-state index contributed by atoms with van der Waals surface area (Å²) < 4.78 is 1.92. The summed E-state index contributed by atoms with van der Waals surface area (Å²) in [6.45, 7) is 0. The molecule has 0 atom stereocenters. The molecule has 1 aromatic carbocycles. The van der Waals surface area contributed by atoms with Gasteiger partial charge >= 0.3 is 5.97 Å². The van der Waals surface area contributed by atoms with Crippen molar-refractivity contribution in [3.63, 3.8) is 0 Å². The number of fused-ring (bicyclic) bond motifs is 3. The molecule has 2 N–H and O–H groups in total. The van der Waals surface area contributed by atoms with Gasteiger partial charge in [0, 0.05) is 22.8 Å². The van der Waals surface area contributed by atoms with Gasteiger partial charge in [0.1, 0.15) is 11.3 Å². The van der Waals surface area contributed by atoms with Crippen molar-refractivity contribution in [2.24, 2.45) is 7.05 Å². The van der Waals surface area contributed by atoms with Gasteiger partial charge in [0.05, 0.1) is 5.52 Å². The number of aromatic carboxylic acids is 1. The maximum atomic E-state index is 10.9. The first-order chi connectivity index (χ1) is 8.08. The summed E-state index contributed by atoms with van der Waals surface area (Å²) in [5.41, 5.74) is 2.00. The SMILES string of the molecule is Cn1c2ccc(Cl)cc2c2cc(C(=O)O)[nH]c21. The number of hydrogen-bond acceptors (Lipinski definition) is 1. The van der Waals surface area contributed by atoms with Crippen molar-refractivity contribution >= 4 is 39.5 Å². The molecule has 0 saturated carbocycles. The van der Waals surface area contributed by atoms with Crippen LogP contribution in [-0.2, 0) is 7.05 Å². The predicted octanol–water partition coefficient (Wildman–Crippen LogP) is 3.01. The van der Waals surface area contributed by atoms with E-state index in [0.717, 1.165) is 21.9 Å². The van der Waals surface area contributed by atoms with Crippen molar-refractivity contribution in [2.45, 2.75) is 0 Å². The van der Waals surface area contributed by atoms with E-state index in [9.17, 15) is 4.79 Å². The Kier molecular flexibility index (Phi) is 1.97. The molecular formula is C12H9ClN2O2. The average Bonchev–Trinajstić information content (AvgIpc) is 2.80. The molecule has 0 amide bonds. The van der Waals surface area contributed by atoms with Crippen LogP contribution in [0.5, 0.6) is 0 Å². The fourth-order valence-corrected chi connectivity index (χ4v) is 2.34. The highest BCUT2D eigenvalue weighted by molar-refractivity contribution is 6.31. The number of carboxylic acids is 1. The molecule has 0 spiro atoms. The van der Waals surface area contributed by atoms with Crippen molar-refractivity contribution < 1.29 is 9.90 Å². The van der Waals surface area contributed by atoms with E-state index in [1.54, 1.807) is 6.07 Å². The predicted molar refractivity (Wildman–Crippen MR) is 66.7 cm³/mol. The smallest absolute Gasteiger partial charge is 0.352 e. The van der Waals surface area contributed by atoms with Crippen LogP contribution >= 0.6 is 11.6 Å². The molecule has 0 aliphatic heterocycles. The van der Waals surface area contributed by atoms with Gasteiger partial charge in [0.15, 0.2) is 0 Å². The first-order valence-electron chi connectivity index (χ1n) is 5.08. The fourth-order valence-electron chi connectivity index (χ4n) is 2.17. The van der Waals surface area contributed by atoms with E-state index in [2.05, 4.69) is 4.98 Å². The zero-order valence-corrected chi connectivity index (χ0v) is 9.75. The minimum Gasteiger partial charge on any atom is -0.477 e. The van der Waals surface area contributed by atoms with Crippen LogP contribution in [0.2, 0.25) is 5.02 Å². The number of hydrogen-bond donors (Lipinski definition) is 2. The molecule has 0 saturated heterocycles. The van der Waals surface area contributed by atoms with E-state index in [1.807, 2.05) is 29.8 Å². The van der Waals surface area contributed by atoms with Gasteiger partial charge in [-0.15, -0.1) is 0 Å². The number of carbonyl (C=O) groups is 1. The number of halogens is 1. The Morgan fingerprint density at radius 3 is 2.82 bits per heavy atom. The molecule has 0 fully saturated rings. The minimum absolute atomic E-state index is 0.187. The summed E-state index contributed by atoms with van der Waals surface area (Å²) in [6.07, 6.45) is 0. The van der Waals surface area contributed by atoms with Gasteiger partial charge in [-0.2, -0.15) is 0 Å². The summed E-state index contributed by atoms with van der Waals surface area (Å²) in [6, 6.07) is 7.22. The maximum absolute atomic E-state index is 10.9. The summed E-state index contributed by atoms with van der Waals surface area (Å²) in [7, 11) is 1.89. The molecule has 2 heterocycles. The van der Waals surface area contributed by atoms with Gasteiger partial charge < -0.3 is 14.7 Å². The van der Waals surface area contributed by atoms with Crippen molar-refractivity contribution in [1.29, 1.82) is 0 Å². The lowest BCUT2D eigenvalue weighted by atomic mass is 10.2. The third-order valence-corrected chi connectivity index (χ3v) is 3.21. The number of aromatic nitrogens is 2. The Hall–Kier alpha value is -1.94. The van der Waals surface area contributed by atoms with Gasteiger partial charge in [0.2, 0.25) is 0 Å². The third-order valence-electron chi connectivity index (χ3n) is 2.97. The van der Waals surface area contributed by atoms with Crippen molar-refractivity contribution in [3.05, 3.63) is 35.0 Å². The molecule has 86 valence electrons. The molecule has 0 bridgehead atoms. The highest BCUT2D eigenvalue weighted by atomic mass is 35.5. The van der Waals surface area contributed by atoms with Crippen LogP contribution in [0.4, 0.5) is 0 Å². The van der Waals surface area contributed by atoms with Crippen molar-refractivity contribution in [2.75, 3.05) is 0 Å². The monoisotopic (exact) mass is 248 g/mol. The molecule has 0 unspecified atom stereocenters. The van der Waals surface area contributed by atoms with E-state index in [-0.39, 0.29) is 5.69 Å². The van der Waals surface area contributed by atoms with Crippen LogP contribution in [0.15, 0.2) is 24.3 Å². The second kappa shape index (κ2) is 3.28. The van der Waals surface area contributed by atoms with Crippen LogP contribution in [0.1, 0.15) is 10.5 Å². The molecule has 0 aliphatic carbocycles. The number of aromatic amines is 1. The van der Waals surface area contributed by atoms with Crippen molar-refractivity contribution in [1.82, 2.24) is 9.55 Å². The topological polar surface area (TPSA) is 58.0 Å². The Morgan fingerprint density at radius 2 is 2.12 bits per heavy atom. The van der Waals surface area contributed by atoms with E-state index in [0.29, 0.717) is 5.02 Å². The molecule has 17 heavy (non-hydrogen) atoms. The standard InChI is InChI=1S/C12H9ClN2O2/c1-15-10-3-2-6(13)4-7(10)8-5-9(12(16)17)14-11(8)15/h2-5,14H,1H3,(H,16,17). The molecule has 2 aromatic heterocycles. The number of rotatable bonds is 1. The minimum atomic E-state index is -0.962. The van der Waals surface area contributed by atoms with E-state index in [1.165, 1.54) is 0 Å². The van der Waals surface area contributed by atoms with Gasteiger partial charge in [-0.05, 0) is 24.3 Å². The molecule has 3 rings (SSSR count). The maximum Gasteiger partial charge on any atom is 0.352 e. The summed E-state index contributed by atoms with van der Waals surface area (Å²) in [4.78, 5) is 13.8. The Labute approximate surface area is 101 Å². The van der Waals surface area contributed by atoms with Crippen LogP contribution in [0.25, 0.3) is 21.9 Å². The number of nitrogens with one attached hydrogen (secondary N) is 1. The van der Waals surface area contributed by atoms with E-state index in [4.69, 9.17) is 16.7 Å². The number of H-pyrrole nitrogens is 1.